The van der Waals surface area contributed by atoms with Gasteiger partial charge in [0.1, 0.15) is 6.04 Å². The molecule has 3 aromatic rings. The van der Waals surface area contributed by atoms with Crippen molar-refractivity contribution in [3.63, 3.8) is 0 Å². The summed E-state index contributed by atoms with van der Waals surface area (Å²) >= 11 is 0. The lowest BCUT2D eigenvalue weighted by Gasteiger charge is -2.35. The SMILES string of the molecule is O=C(NC1CCC1)C1CN(Cc2ccc3ccccc3n2)Cc2ccnn21. The number of nitrogens with one attached hydrogen (secondary N) is 1. The monoisotopic (exact) mass is 361 g/mol. The number of carbonyl (C=O) groups is 1. The van der Waals surface area contributed by atoms with E-state index in [4.69, 9.17) is 4.98 Å². The van der Waals surface area contributed by atoms with Crippen LogP contribution in [0.2, 0.25) is 0 Å². The van der Waals surface area contributed by atoms with E-state index in [1.54, 1.807) is 6.20 Å². The Morgan fingerprint density at radius 1 is 1.15 bits per heavy atom. The molecule has 1 fully saturated rings. The number of benzene rings is 1. The fraction of sp³-hybridized carbons (Fsp3) is 0.381. The molecule has 6 heteroatoms. The van der Waals surface area contributed by atoms with Crippen LogP contribution in [-0.2, 0) is 17.9 Å². The predicted octanol–water partition coefficient (Wildman–Crippen LogP) is 2.66. The lowest BCUT2D eigenvalue weighted by molar-refractivity contribution is -0.127. The second kappa shape index (κ2) is 6.78. The van der Waals surface area contributed by atoms with Crippen LogP contribution in [0, 0.1) is 0 Å². The van der Waals surface area contributed by atoms with E-state index in [1.165, 1.54) is 6.42 Å². The molecular formula is C21H23N5O. The van der Waals surface area contributed by atoms with Crippen LogP contribution in [0.4, 0.5) is 0 Å². The third-order valence-corrected chi connectivity index (χ3v) is 5.66. The first-order valence-electron chi connectivity index (χ1n) is 9.66. The number of hydrogen-bond donors (Lipinski definition) is 1. The molecule has 2 aliphatic rings. The van der Waals surface area contributed by atoms with E-state index in [2.05, 4.69) is 33.5 Å². The van der Waals surface area contributed by atoms with Gasteiger partial charge < -0.3 is 5.32 Å². The Labute approximate surface area is 158 Å². The molecule has 0 saturated heterocycles. The first kappa shape index (κ1) is 16.4. The Morgan fingerprint density at radius 2 is 2.04 bits per heavy atom. The zero-order valence-corrected chi connectivity index (χ0v) is 15.2. The lowest BCUT2D eigenvalue weighted by Crippen LogP contribution is -2.48. The van der Waals surface area contributed by atoms with Gasteiger partial charge in [-0.1, -0.05) is 24.3 Å². The first-order valence-corrected chi connectivity index (χ1v) is 9.66. The van der Waals surface area contributed by atoms with Gasteiger partial charge in [-0.05, 0) is 37.5 Å². The molecule has 1 amide bonds. The molecule has 1 atom stereocenters. The molecule has 138 valence electrons. The van der Waals surface area contributed by atoms with Crippen molar-refractivity contribution in [2.24, 2.45) is 0 Å². The number of hydrogen-bond acceptors (Lipinski definition) is 4. The number of nitrogens with zero attached hydrogens (tertiary/aromatic N) is 4. The van der Waals surface area contributed by atoms with Gasteiger partial charge in [0.15, 0.2) is 0 Å². The summed E-state index contributed by atoms with van der Waals surface area (Å²) in [6.07, 6.45) is 5.18. The summed E-state index contributed by atoms with van der Waals surface area (Å²) in [5.41, 5.74) is 3.12. The summed E-state index contributed by atoms with van der Waals surface area (Å²) in [5, 5.41) is 8.74. The van der Waals surface area contributed by atoms with E-state index in [0.29, 0.717) is 12.6 Å². The van der Waals surface area contributed by atoms with Gasteiger partial charge in [0.25, 0.3) is 0 Å². The van der Waals surface area contributed by atoms with Gasteiger partial charge in [-0.2, -0.15) is 5.10 Å². The van der Waals surface area contributed by atoms with Crippen LogP contribution in [-0.4, -0.2) is 38.2 Å². The van der Waals surface area contributed by atoms with E-state index in [9.17, 15) is 4.79 Å². The summed E-state index contributed by atoms with van der Waals surface area (Å²) in [5.74, 6) is 0.0841. The highest BCUT2D eigenvalue weighted by Gasteiger charge is 2.32. The topological polar surface area (TPSA) is 63.1 Å². The van der Waals surface area contributed by atoms with Gasteiger partial charge in [-0.25, -0.2) is 0 Å². The molecular weight excluding hydrogens is 338 g/mol. The van der Waals surface area contributed by atoms with Crippen LogP contribution in [0.3, 0.4) is 0 Å². The van der Waals surface area contributed by atoms with Gasteiger partial charge in [-0.3, -0.25) is 19.4 Å². The molecule has 6 nitrogen and oxygen atoms in total. The van der Waals surface area contributed by atoms with Crippen molar-refractivity contribution in [2.45, 2.75) is 44.4 Å². The van der Waals surface area contributed by atoms with Crippen LogP contribution < -0.4 is 5.32 Å². The second-order valence-corrected chi connectivity index (χ2v) is 7.58. The number of aromatic nitrogens is 3. The van der Waals surface area contributed by atoms with E-state index in [1.807, 2.05) is 28.9 Å². The van der Waals surface area contributed by atoms with Crippen molar-refractivity contribution in [3.8, 4) is 0 Å². The molecule has 1 aromatic carbocycles. The summed E-state index contributed by atoms with van der Waals surface area (Å²) in [6, 6.07) is 14.4. The number of rotatable bonds is 4. The Bertz CT molecular complexity index is 977. The molecule has 5 rings (SSSR count). The lowest BCUT2D eigenvalue weighted by atomic mass is 9.93. The van der Waals surface area contributed by atoms with E-state index in [-0.39, 0.29) is 11.9 Å². The van der Waals surface area contributed by atoms with E-state index < -0.39 is 0 Å². The van der Waals surface area contributed by atoms with Gasteiger partial charge in [0.05, 0.1) is 16.9 Å². The van der Waals surface area contributed by atoms with Crippen LogP contribution >= 0.6 is 0 Å². The molecule has 1 N–H and O–H groups in total. The second-order valence-electron chi connectivity index (χ2n) is 7.58. The minimum Gasteiger partial charge on any atom is -0.351 e. The number of carbonyl (C=O) groups excluding carboxylic acids is 1. The van der Waals surface area contributed by atoms with Gasteiger partial charge in [-0.15, -0.1) is 0 Å². The maximum Gasteiger partial charge on any atom is 0.246 e. The first-order chi connectivity index (χ1) is 13.3. The van der Waals surface area contributed by atoms with Crippen molar-refractivity contribution >= 4 is 16.8 Å². The van der Waals surface area contributed by atoms with Gasteiger partial charge >= 0.3 is 0 Å². The Hall–Kier alpha value is -2.73. The van der Waals surface area contributed by atoms with Crippen LogP contribution in [0.15, 0.2) is 48.7 Å². The number of fused-ring (bicyclic) bond motifs is 2. The standard InChI is InChI=1S/C21H23N5O/c27-21(24-16-5-3-6-16)20-14-25(13-18-10-11-22-26(18)20)12-17-9-8-15-4-1-2-7-19(15)23-17/h1-2,4,7-11,16,20H,3,5-6,12-14H2,(H,24,27). The quantitative estimate of drug-likeness (QED) is 0.776. The average molecular weight is 361 g/mol. The largest absolute Gasteiger partial charge is 0.351 e. The molecule has 1 saturated carbocycles. The molecule has 1 aliphatic carbocycles. The predicted molar refractivity (Wildman–Crippen MR) is 103 cm³/mol. The van der Waals surface area contributed by atoms with Crippen LogP contribution in [0.1, 0.15) is 36.7 Å². The number of amides is 1. The Kier molecular flexibility index (Phi) is 4.13. The molecule has 0 bridgehead atoms. The average Bonchev–Trinajstić information content (AvgIpc) is 3.12. The van der Waals surface area contributed by atoms with Gasteiger partial charge in [0, 0.05) is 37.3 Å². The zero-order valence-electron chi connectivity index (χ0n) is 15.2. The highest BCUT2D eigenvalue weighted by Crippen LogP contribution is 2.24. The molecule has 1 aliphatic heterocycles. The molecule has 3 heterocycles. The summed E-state index contributed by atoms with van der Waals surface area (Å²) < 4.78 is 1.89. The Balaban J connectivity index is 1.36. The van der Waals surface area contributed by atoms with Crippen molar-refractivity contribution in [1.29, 1.82) is 0 Å². The minimum absolute atomic E-state index is 0.0841. The highest BCUT2D eigenvalue weighted by atomic mass is 16.2. The maximum atomic E-state index is 12.8. The van der Waals surface area contributed by atoms with E-state index in [0.717, 1.165) is 48.2 Å². The Morgan fingerprint density at radius 3 is 2.89 bits per heavy atom. The number of pyridine rings is 1. The summed E-state index contributed by atoms with van der Waals surface area (Å²) in [4.78, 5) is 19.9. The molecule has 27 heavy (non-hydrogen) atoms. The fourth-order valence-electron chi connectivity index (χ4n) is 3.95. The highest BCUT2D eigenvalue weighted by molar-refractivity contribution is 5.81. The van der Waals surface area contributed by atoms with Crippen LogP contribution in [0.25, 0.3) is 10.9 Å². The molecule has 2 aromatic heterocycles. The maximum absolute atomic E-state index is 12.8. The van der Waals surface area contributed by atoms with Crippen molar-refractivity contribution in [2.75, 3.05) is 6.54 Å². The van der Waals surface area contributed by atoms with Crippen molar-refractivity contribution in [1.82, 2.24) is 25.0 Å². The van der Waals surface area contributed by atoms with E-state index >= 15 is 0 Å². The van der Waals surface area contributed by atoms with Crippen molar-refractivity contribution < 1.29 is 4.79 Å². The third-order valence-electron chi connectivity index (χ3n) is 5.66. The molecule has 0 radical (unpaired) electrons. The third kappa shape index (κ3) is 3.21. The van der Waals surface area contributed by atoms with Crippen LogP contribution in [0.5, 0.6) is 0 Å². The van der Waals surface area contributed by atoms with Crippen molar-refractivity contribution in [3.05, 3.63) is 60.0 Å². The fourth-order valence-corrected chi connectivity index (χ4v) is 3.95. The normalized spacial score (nSPS) is 20.2. The molecule has 0 spiro atoms. The molecule has 1 unspecified atom stereocenters. The van der Waals surface area contributed by atoms with Gasteiger partial charge in [0.2, 0.25) is 5.91 Å². The minimum atomic E-state index is -0.273. The smallest absolute Gasteiger partial charge is 0.246 e. The zero-order chi connectivity index (χ0) is 18.2. The summed E-state index contributed by atoms with van der Waals surface area (Å²) in [6.45, 7) is 2.16. The summed E-state index contributed by atoms with van der Waals surface area (Å²) in [7, 11) is 0. The number of para-hydroxylation sites is 1.